The Hall–Kier alpha value is -2.15. The average molecular weight is 294 g/mol. The summed E-state index contributed by atoms with van der Waals surface area (Å²) in [4.78, 5) is 26.8. The largest absolute Gasteiger partial charge is 0.369 e. The number of halogens is 1. The molecule has 0 atom stereocenters. The van der Waals surface area contributed by atoms with Gasteiger partial charge in [0, 0.05) is 38.9 Å². The van der Waals surface area contributed by atoms with Crippen LogP contribution in [0.15, 0.2) is 24.3 Å². The van der Waals surface area contributed by atoms with E-state index >= 15 is 0 Å². The Morgan fingerprint density at radius 2 is 1.76 bits per heavy atom. The van der Waals surface area contributed by atoms with Crippen molar-refractivity contribution in [3.8, 4) is 0 Å². The fourth-order valence-corrected chi connectivity index (χ4v) is 2.25. The molecule has 1 fully saturated rings. The van der Waals surface area contributed by atoms with Crippen LogP contribution in [0, 0.1) is 5.82 Å². The molecular weight excluding hydrogens is 275 g/mol. The van der Waals surface area contributed by atoms with Gasteiger partial charge < -0.3 is 10.2 Å². The number of hydrogen-bond donors (Lipinski definition) is 2. The summed E-state index contributed by atoms with van der Waals surface area (Å²) < 4.78 is 12.9. The van der Waals surface area contributed by atoms with E-state index in [1.165, 1.54) is 19.2 Å². The van der Waals surface area contributed by atoms with Crippen molar-refractivity contribution in [2.75, 3.05) is 44.7 Å². The lowest BCUT2D eigenvalue weighted by atomic mass is 10.2. The zero-order chi connectivity index (χ0) is 15.2. The van der Waals surface area contributed by atoms with Crippen LogP contribution >= 0.6 is 0 Å². The quantitative estimate of drug-likeness (QED) is 0.847. The lowest BCUT2D eigenvalue weighted by molar-refractivity contribution is -0.121. The smallest absolute Gasteiger partial charge is 0.321 e. The third kappa shape index (κ3) is 4.42. The molecule has 7 heteroatoms. The van der Waals surface area contributed by atoms with Crippen molar-refractivity contribution < 1.29 is 14.0 Å². The minimum Gasteiger partial charge on any atom is -0.369 e. The minimum absolute atomic E-state index is 0.199. The van der Waals surface area contributed by atoms with Gasteiger partial charge in [-0.05, 0) is 24.3 Å². The molecule has 0 radical (unpaired) electrons. The second-order valence-electron chi connectivity index (χ2n) is 4.87. The van der Waals surface area contributed by atoms with E-state index in [4.69, 9.17) is 0 Å². The zero-order valence-corrected chi connectivity index (χ0v) is 11.9. The van der Waals surface area contributed by atoms with E-state index in [1.54, 1.807) is 12.1 Å². The summed E-state index contributed by atoms with van der Waals surface area (Å²) in [7, 11) is 1.46. The van der Waals surface area contributed by atoms with E-state index < -0.39 is 6.03 Å². The summed E-state index contributed by atoms with van der Waals surface area (Å²) in [6.07, 6.45) is 0. The van der Waals surface area contributed by atoms with Gasteiger partial charge in [-0.2, -0.15) is 0 Å². The highest BCUT2D eigenvalue weighted by Crippen LogP contribution is 2.16. The molecule has 21 heavy (non-hydrogen) atoms. The maximum atomic E-state index is 12.9. The van der Waals surface area contributed by atoms with E-state index in [9.17, 15) is 14.0 Å². The van der Waals surface area contributed by atoms with Gasteiger partial charge in [0.25, 0.3) is 0 Å². The first-order chi connectivity index (χ1) is 10.1. The Bertz CT molecular complexity index is 498. The number of rotatable bonds is 3. The first-order valence-corrected chi connectivity index (χ1v) is 6.83. The number of carbonyl (C=O) groups is 2. The Morgan fingerprint density at radius 1 is 1.14 bits per heavy atom. The number of imide groups is 1. The highest BCUT2D eigenvalue weighted by atomic mass is 19.1. The Morgan fingerprint density at radius 3 is 2.33 bits per heavy atom. The van der Waals surface area contributed by atoms with Crippen LogP contribution in [0.3, 0.4) is 0 Å². The molecular formula is C14H19FN4O2. The zero-order valence-electron chi connectivity index (χ0n) is 11.9. The highest BCUT2D eigenvalue weighted by molar-refractivity contribution is 5.95. The molecule has 0 aliphatic carbocycles. The summed E-state index contributed by atoms with van der Waals surface area (Å²) in [5.41, 5.74) is 0.978. The molecule has 1 aromatic rings. The van der Waals surface area contributed by atoms with E-state index in [0.29, 0.717) is 0 Å². The molecule has 0 unspecified atom stereocenters. The molecule has 114 valence electrons. The number of hydrogen-bond acceptors (Lipinski definition) is 4. The number of carbonyl (C=O) groups excluding carboxylic acids is 2. The van der Waals surface area contributed by atoms with Gasteiger partial charge >= 0.3 is 6.03 Å². The third-order valence-corrected chi connectivity index (χ3v) is 3.41. The Kier molecular flexibility index (Phi) is 5.10. The summed E-state index contributed by atoms with van der Waals surface area (Å²) in [5, 5.41) is 4.58. The van der Waals surface area contributed by atoms with Crippen LogP contribution in [0.2, 0.25) is 0 Å². The number of piperazine rings is 1. The predicted octanol–water partition coefficient (Wildman–Crippen LogP) is 0.403. The lowest BCUT2D eigenvalue weighted by Crippen LogP contribution is -2.50. The molecule has 1 aliphatic heterocycles. The maximum absolute atomic E-state index is 12.9. The number of anilines is 1. The van der Waals surface area contributed by atoms with Gasteiger partial charge in [-0.25, -0.2) is 9.18 Å². The standard InChI is InChI=1S/C14H19FN4O2/c1-16-14(21)17-13(20)10-18-6-8-19(9-7-18)12-4-2-11(15)3-5-12/h2-5H,6-10H2,1H3,(H2,16,17,20,21). The second kappa shape index (κ2) is 7.03. The van der Waals surface area contributed by atoms with E-state index in [1.807, 2.05) is 4.90 Å². The molecule has 0 spiro atoms. The van der Waals surface area contributed by atoms with Crippen molar-refractivity contribution in [3.63, 3.8) is 0 Å². The lowest BCUT2D eigenvalue weighted by Gasteiger charge is -2.35. The summed E-state index contributed by atoms with van der Waals surface area (Å²) >= 11 is 0. The summed E-state index contributed by atoms with van der Waals surface area (Å²) in [6, 6.07) is 5.90. The van der Waals surface area contributed by atoms with Gasteiger partial charge in [0.05, 0.1) is 6.54 Å². The number of benzene rings is 1. The predicted molar refractivity (Wildman–Crippen MR) is 77.7 cm³/mol. The molecule has 2 N–H and O–H groups in total. The third-order valence-electron chi connectivity index (χ3n) is 3.41. The van der Waals surface area contributed by atoms with Crippen molar-refractivity contribution in [3.05, 3.63) is 30.1 Å². The fourth-order valence-electron chi connectivity index (χ4n) is 2.25. The SMILES string of the molecule is CNC(=O)NC(=O)CN1CCN(c2ccc(F)cc2)CC1. The van der Waals surface area contributed by atoms with E-state index in [0.717, 1.165) is 31.9 Å². The molecule has 1 aromatic carbocycles. The molecule has 1 saturated heterocycles. The molecule has 0 saturated carbocycles. The number of urea groups is 1. The van der Waals surface area contributed by atoms with Crippen LogP contribution in [0.25, 0.3) is 0 Å². The van der Waals surface area contributed by atoms with Crippen molar-refractivity contribution in [1.29, 1.82) is 0 Å². The fraction of sp³-hybridized carbons (Fsp3) is 0.429. The van der Waals surface area contributed by atoms with Crippen molar-refractivity contribution in [1.82, 2.24) is 15.5 Å². The molecule has 1 heterocycles. The molecule has 0 bridgehead atoms. The normalized spacial score (nSPS) is 15.6. The summed E-state index contributed by atoms with van der Waals surface area (Å²) in [5.74, 6) is -0.562. The van der Waals surface area contributed by atoms with Gasteiger partial charge in [-0.15, -0.1) is 0 Å². The van der Waals surface area contributed by atoms with Crippen LogP contribution in [-0.4, -0.2) is 56.6 Å². The molecule has 1 aliphatic rings. The topological polar surface area (TPSA) is 64.7 Å². The van der Waals surface area contributed by atoms with Gasteiger partial charge in [0.15, 0.2) is 0 Å². The average Bonchev–Trinajstić information content (AvgIpc) is 2.48. The molecule has 2 rings (SSSR count). The van der Waals surface area contributed by atoms with Crippen LogP contribution in [0.4, 0.5) is 14.9 Å². The van der Waals surface area contributed by atoms with Crippen LogP contribution < -0.4 is 15.5 Å². The molecule has 6 nitrogen and oxygen atoms in total. The van der Waals surface area contributed by atoms with Crippen molar-refractivity contribution >= 4 is 17.6 Å². The summed E-state index contributed by atoms with van der Waals surface area (Å²) in [6.45, 7) is 3.17. The van der Waals surface area contributed by atoms with Crippen LogP contribution in [0.5, 0.6) is 0 Å². The first-order valence-electron chi connectivity index (χ1n) is 6.83. The molecule has 3 amide bonds. The van der Waals surface area contributed by atoms with Gasteiger partial charge in [-0.3, -0.25) is 15.0 Å². The highest BCUT2D eigenvalue weighted by Gasteiger charge is 2.19. The number of amides is 3. The van der Waals surface area contributed by atoms with Gasteiger partial charge in [-0.1, -0.05) is 0 Å². The van der Waals surface area contributed by atoms with Gasteiger partial charge in [0.2, 0.25) is 5.91 Å². The monoisotopic (exact) mass is 294 g/mol. The van der Waals surface area contributed by atoms with Crippen molar-refractivity contribution in [2.24, 2.45) is 0 Å². The second-order valence-corrected chi connectivity index (χ2v) is 4.87. The van der Waals surface area contributed by atoms with Crippen LogP contribution in [0.1, 0.15) is 0 Å². The van der Waals surface area contributed by atoms with Crippen molar-refractivity contribution in [2.45, 2.75) is 0 Å². The van der Waals surface area contributed by atoms with Gasteiger partial charge in [0.1, 0.15) is 5.82 Å². The maximum Gasteiger partial charge on any atom is 0.321 e. The minimum atomic E-state index is -0.495. The van der Waals surface area contributed by atoms with E-state index in [2.05, 4.69) is 15.5 Å². The Balaban J connectivity index is 1.79. The van der Waals surface area contributed by atoms with Crippen LogP contribution in [-0.2, 0) is 4.79 Å². The number of nitrogens with zero attached hydrogens (tertiary/aromatic N) is 2. The van der Waals surface area contributed by atoms with E-state index in [-0.39, 0.29) is 18.3 Å². The Labute approximate surface area is 122 Å². The first kappa shape index (κ1) is 15.2. The number of nitrogens with one attached hydrogen (secondary N) is 2. The molecule has 0 aromatic heterocycles.